The first kappa shape index (κ1) is 71.8. The number of hydrogen-bond donors (Lipinski definition) is 0. The Morgan fingerprint density at radius 3 is 0.827 bits per heavy atom. The maximum absolute atomic E-state index is 12.9. The Morgan fingerprint density at radius 2 is 0.520 bits per heavy atom. The van der Waals surface area contributed by atoms with Crippen molar-refractivity contribution >= 4 is 17.9 Å². The van der Waals surface area contributed by atoms with Gasteiger partial charge in [0.05, 0.1) is 0 Å². The molecular formula is C69H122O6. The monoisotopic (exact) mass is 1050 g/mol. The van der Waals surface area contributed by atoms with Crippen LogP contribution < -0.4 is 0 Å². The molecule has 75 heavy (non-hydrogen) atoms. The van der Waals surface area contributed by atoms with Crippen molar-refractivity contribution in [1.29, 1.82) is 0 Å². The lowest BCUT2D eigenvalue weighted by atomic mass is 10.0. The third-order valence-electron chi connectivity index (χ3n) is 14.2. The van der Waals surface area contributed by atoms with Gasteiger partial charge in [-0.1, -0.05) is 293 Å². The highest BCUT2D eigenvalue weighted by molar-refractivity contribution is 5.71. The number of ether oxygens (including phenoxy) is 3. The maximum Gasteiger partial charge on any atom is 0.306 e. The predicted octanol–water partition coefficient (Wildman–Crippen LogP) is 22.1. The average Bonchev–Trinajstić information content (AvgIpc) is 3.41. The number of allylic oxidation sites excluding steroid dienone is 12. The summed E-state index contributed by atoms with van der Waals surface area (Å²) in [7, 11) is 0. The fourth-order valence-electron chi connectivity index (χ4n) is 9.35. The standard InChI is InChI=1S/C69H122O6/c1-4-7-10-13-16-19-22-24-26-28-30-32-34-36-38-40-42-44-47-50-53-56-59-62-68(71)74-65-66(64-73-67(70)61-58-55-52-49-46-21-18-15-12-9-6-3)75-69(72)63-60-57-54-51-48-45-43-41-39-37-35-33-31-29-27-25-23-20-17-14-11-8-5-2/h7,10,16,19,24,26,29-32,36,38,66H,4-6,8-9,11-15,17-18,20-23,25,27-28,33-35,37,39-65H2,1-3H3/b10-7-,19-16-,26-24-,31-29-,32-30-,38-36-. The average molecular weight is 1050 g/mol. The van der Waals surface area contributed by atoms with Gasteiger partial charge >= 0.3 is 17.9 Å². The van der Waals surface area contributed by atoms with Crippen molar-refractivity contribution in [2.24, 2.45) is 0 Å². The minimum atomic E-state index is -0.779. The molecule has 0 radical (unpaired) electrons. The molecule has 6 heteroatoms. The molecule has 6 nitrogen and oxygen atoms in total. The first-order chi connectivity index (χ1) is 37.0. The van der Waals surface area contributed by atoms with E-state index in [9.17, 15) is 14.4 Å². The van der Waals surface area contributed by atoms with Gasteiger partial charge in [0.15, 0.2) is 6.10 Å². The zero-order valence-electron chi connectivity index (χ0n) is 49.8. The van der Waals surface area contributed by atoms with Gasteiger partial charge in [0.1, 0.15) is 13.2 Å². The van der Waals surface area contributed by atoms with E-state index in [4.69, 9.17) is 14.2 Å². The Kier molecular flexibility index (Phi) is 60.7. The van der Waals surface area contributed by atoms with Crippen LogP contribution in [0, 0.1) is 0 Å². The summed E-state index contributed by atoms with van der Waals surface area (Å²) in [4.78, 5) is 38.3. The zero-order valence-corrected chi connectivity index (χ0v) is 49.8. The van der Waals surface area contributed by atoms with Crippen molar-refractivity contribution in [3.05, 3.63) is 72.9 Å². The third-order valence-corrected chi connectivity index (χ3v) is 14.2. The van der Waals surface area contributed by atoms with Gasteiger partial charge in [-0.3, -0.25) is 14.4 Å². The van der Waals surface area contributed by atoms with Gasteiger partial charge in [-0.2, -0.15) is 0 Å². The number of hydrogen-bond acceptors (Lipinski definition) is 6. The molecule has 0 amide bonds. The molecule has 0 fully saturated rings. The highest BCUT2D eigenvalue weighted by Gasteiger charge is 2.19. The van der Waals surface area contributed by atoms with Crippen LogP contribution in [0.1, 0.15) is 329 Å². The van der Waals surface area contributed by atoms with E-state index < -0.39 is 6.10 Å². The maximum atomic E-state index is 12.9. The van der Waals surface area contributed by atoms with Crippen molar-refractivity contribution < 1.29 is 28.6 Å². The van der Waals surface area contributed by atoms with Gasteiger partial charge in [-0.25, -0.2) is 0 Å². The number of unbranched alkanes of at least 4 members (excludes halogenated alkanes) is 36. The third kappa shape index (κ3) is 61.6. The summed E-state index contributed by atoms with van der Waals surface area (Å²) in [5.74, 6) is -0.873. The molecule has 0 aliphatic carbocycles. The molecule has 434 valence electrons. The van der Waals surface area contributed by atoms with Crippen LogP contribution in [0.3, 0.4) is 0 Å². The summed E-state index contributed by atoms with van der Waals surface area (Å²) in [5, 5.41) is 0. The second-order valence-corrected chi connectivity index (χ2v) is 21.6. The molecule has 0 aromatic heterocycles. The fourth-order valence-corrected chi connectivity index (χ4v) is 9.35. The van der Waals surface area contributed by atoms with Crippen LogP contribution >= 0.6 is 0 Å². The van der Waals surface area contributed by atoms with Gasteiger partial charge in [0.25, 0.3) is 0 Å². The predicted molar refractivity (Wildman–Crippen MR) is 325 cm³/mol. The minimum absolute atomic E-state index is 0.0760. The van der Waals surface area contributed by atoms with Crippen molar-refractivity contribution in [3.63, 3.8) is 0 Å². The molecular weight excluding hydrogens is 925 g/mol. The first-order valence-corrected chi connectivity index (χ1v) is 32.4. The Labute approximate surface area is 465 Å². The molecule has 0 N–H and O–H groups in total. The molecule has 0 bridgehead atoms. The quantitative estimate of drug-likeness (QED) is 0.0261. The molecule has 0 aliphatic rings. The first-order valence-electron chi connectivity index (χ1n) is 32.4. The van der Waals surface area contributed by atoms with Crippen LogP contribution in [0.2, 0.25) is 0 Å². The molecule has 0 spiro atoms. The summed E-state index contributed by atoms with van der Waals surface area (Å²) in [6.07, 6.45) is 82.0. The van der Waals surface area contributed by atoms with Gasteiger partial charge in [0.2, 0.25) is 0 Å². The summed E-state index contributed by atoms with van der Waals surface area (Å²) in [6.45, 7) is 6.55. The van der Waals surface area contributed by atoms with E-state index in [0.717, 1.165) is 96.3 Å². The summed E-state index contributed by atoms with van der Waals surface area (Å²) in [5.41, 5.74) is 0. The Hall–Kier alpha value is -3.15. The lowest BCUT2D eigenvalue weighted by molar-refractivity contribution is -0.167. The molecule has 0 aliphatic heterocycles. The van der Waals surface area contributed by atoms with Crippen molar-refractivity contribution in [2.45, 2.75) is 335 Å². The van der Waals surface area contributed by atoms with Gasteiger partial charge < -0.3 is 14.2 Å². The molecule has 0 heterocycles. The lowest BCUT2D eigenvalue weighted by Crippen LogP contribution is -2.30. The molecule has 0 aromatic carbocycles. The summed E-state index contributed by atoms with van der Waals surface area (Å²) in [6, 6.07) is 0. The smallest absolute Gasteiger partial charge is 0.306 e. The van der Waals surface area contributed by atoms with E-state index in [0.29, 0.717) is 19.3 Å². The van der Waals surface area contributed by atoms with Gasteiger partial charge in [-0.15, -0.1) is 0 Å². The lowest BCUT2D eigenvalue weighted by Gasteiger charge is -2.18. The molecule has 0 saturated carbocycles. The van der Waals surface area contributed by atoms with Crippen LogP contribution in [0.25, 0.3) is 0 Å². The Balaban J connectivity index is 4.29. The topological polar surface area (TPSA) is 78.9 Å². The zero-order chi connectivity index (χ0) is 54.3. The van der Waals surface area contributed by atoms with Crippen LogP contribution in [0.4, 0.5) is 0 Å². The highest BCUT2D eigenvalue weighted by atomic mass is 16.6. The highest BCUT2D eigenvalue weighted by Crippen LogP contribution is 2.17. The van der Waals surface area contributed by atoms with Gasteiger partial charge in [-0.05, 0) is 89.9 Å². The largest absolute Gasteiger partial charge is 0.462 e. The molecule has 0 rings (SSSR count). The van der Waals surface area contributed by atoms with Crippen molar-refractivity contribution in [1.82, 2.24) is 0 Å². The number of esters is 3. The second-order valence-electron chi connectivity index (χ2n) is 21.6. The van der Waals surface area contributed by atoms with E-state index in [1.807, 2.05) is 0 Å². The van der Waals surface area contributed by atoms with Crippen LogP contribution in [0.5, 0.6) is 0 Å². The molecule has 0 aromatic rings. The minimum Gasteiger partial charge on any atom is -0.462 e. The van der Waals surface area contributed by atoms with E-state index in [1.165, 1.54) is 193 Å². The van der Waals surface area contributed by atoms with E-state index in [2.05, 4.69) is 93.7 Å². The summed E-state index contributed by atoms with van der Waals surface area (Å²) >= 11 is 0. The van der Waals surface area contributed by atoms with E-state index in [-0.39, 0.29) is 31.1 Å². The van der Waals surface area contributed by atoms with Crippen LogP contribution in [-0.4, -0.2) is 37.2 Å². The van der Waals surface area contributed by atoms with Crippen LogP contribution in [0.15, 0.2) is 72.9 Å². The van der Waals surface area contributed by atoms with Crippen LogP contribution in [-0.2, 0) is 28.6 Å². The Bertz CT molecular complexity index is 1390. The number of rotatable bonds is 59. The second kappa shape index (κ2) is 63.4. The van der Waals surface area contributed by atoms with Gasteiger partial charge in [0, 0.05) is 19.3 Å². The number of carbonyl (C=O) groups excluding carboxylic acids is 3. The molecule has 1 atom stereocenters. The molecule has 0 saturated heterocycles. The van der Waals surface area contributed by atoms with E-state index in [1.54, 1.807) is 0 Å². The van der Waals surface area contributed by atoms with Crippen molar-refractivity contribution in [3.8, 4) is 0 Å². The number of carbonyl (C=O) groups is 3. The van der Waals surface area contributed by atoms with E-state index >= 15 is 0 Å². The fraction of sp³-hybridized carbons (Fsp3) is 0.783. The normalized spacial score (nSPS) is 12.5. The molecule has 1 unspecified atom stereocenters. The Morgan fingerprint density at radius 1 is 0.280 bits per heavy atom. The summed E-state index contributed by atoms with van der Waals surface area (Å²) < 4.78 is 16.9. The SMILES string of the molecule is CC/C=C\C/C=C\C/C=C\C/C=C\C/C=C\CCCCCCCCCC(=O)OCC(COC(=O)CCCCCCCCCCCCC)OC(=O)CCCCCCCCCCCCC/C=C\CCCCCCCCCC. The van der Waals surface area contributed by atoms with Crippen molar-refractivity contribution in [2.75, 3.05) is 13.2 Å².